The van der Waals surface area contributed by atoms with Crippen molar-refractivity contribution in [2.45, 2.75) is 35.1 Å². The Balaban J connectivity index is 1.57. The van der Waals surface area contributed by atoms with Crippen LogP contribution in [0.5, 0.6) is 11.5 Å². The molecule has 11 heteroatoms. The second-order valence-corrected chi connectivity index (χ2v) is 9.80. The number of benzene rings is 2. The number of hydrogen-bond donors (Lipinski definition) is 1. The van der Waals surface area contributed by atoms with Crippen molar-refractivity contribution in [1.29, 1.82) is 0 Å². The summed E-state index contributed by atoms with van der Waals surface area (Å²) in [7, 11) is -0.851. The third-order valence-corrected chi connectivity index (χ3v) is 7.52. The summed E-state index contributed by atoms with van der Waals surface area (Å²) in [6.07, 6.45) is 2.29. The molecular weight excluding hydrogens is 462 g/mol. The van der Waals surface area contributed by atoms with Crippen LogP contribution in [0.15, 0.2) is 63.6 Å². The van der Waals surface area contributed by atoms with Gasteiger partial charge < -0.3 is 9.47 Å². The number of aryl methyl sites for hydroxylation is 1. The lowest BCUT2D eigenvalue weighted by Crippen LogP contribution is -2.13. The van der Waals surface area contributed by atoms with Crippen LogP contribution in [0.3, 0.4) is 0 Å². The van der Waals surface area contributed by atoms with Gasteiger partial charge in [-0.05, 0) is 49.7 Å². The van der Waals surface area contributed by atoms with Crippen LogP contribution in [0.2, 0.25) is 0 Å². The molecule has 0 saturated heterocycles. The summed E-state index contributed by atoms with van der Waals surface area (Å²) in [6, 6.07) is 11.6. The summed E-state index contributed by atoms with van der Waals surface area (Å²) in [5.74, 6) is 1.34. The first kappa shape index (κ1) is 22.9. The molecule has 0 radical (unpaired) electrons. The van der Waals surface area contributed by atoms with Crippen LogP contribution in [0.4, 0.5) is 5.69 Å². The highest BCUT2D eigenvalue weighted by Gasteiger charge is 2.18. The Kier molecular flexibility index (Phi) is 6.43. The SMILES string of the molecule is CCc1c(C)nc2ncnn2c1Sc1ccc(NS(=O)(=O)c2ccc(OC)c(OC)c2)cc1. The smallest absolute Gasteiger partial charge is 0.262 e. The van der Waals surface area contributed by atoms with E-state index in [0.29, 0.717) is 23.0 Å². The highest BCUT2D eigenvalue weighted by atomic mass is 32.2. The summed E-state index contributed by atoms with van der Waals surface area (Å²) < 4.78 is 40.4. The molecule has 172 valence electrons. The molecule has 0 spiro atoms. The Hall–Kier alpha value is -3.31. The van der Waals surface area contributed by atoms with E-state index in [-0.39, 0.29) is 4.90 Å². The van der Waals surface area contributed by atoms with Gasteiger partial charge in [0.15, 0.2) is 11.5 Å². The molecule has 2 aromatic heterocycles. The van der Waals surface area contributed by atoms with Gasteiger partial charge in [0.25, 0.3) is 15.8 Å². The van der Waals surface area contributed by atoms with Crippen LogP contribution in [-0.2, 0) is 16.4 Å². The molecule has 0 atom stereocenters. The molecule has 33 heavy (non-hydrogen) atoms. The maximum Gasteiger partial charge on any atom is 0.262 e. The first-order valence-corrected chi connectivity index (χ1v) is 12.4. The van der Waals surface area contributed by atoms with E-state index in [1.54, 1.807) is 22.7 Å². The number of hydrogen-bond acceptors (Lipinski definition) is 8. The van der Waals surface area contributed by atoms with Gasteiger partial charge in [0, 0.05) is 27.9 Å². The number of sulfonamides is 1. The Labute approximate surface area is 196 Å². The zero-order valence-electron chi connectivity index (χ0n) is 18.6. The number of rotatable bonds is 8. The third kappa shape index (κ3) is 4.60. The molecule has 2 heterocycles. The van der Waals surface area contributed by atoms with Crippen molar-refractivity contribution in [2.75, 3.05) is 18.9 Å². The Bertz CT molecular complexity index is 1400. The monoisotopic (exact) mass is 485 g/mol. The highest BCUT2D eigenvalue weighted by Crippen LogP contribution is 2.33. The van der Waals surface area contributed by atoms with Crippen molar-refractivity contribution < 1.29 is 17.9 Å². The number of nitrogens with one attached hydrogen (secondary N) is 1. The molecule has 4 aromatic rings. The maximum absolute atomic E-state index is 12.8. The first-order valence-electron chi connectivity index (χ1n) is 10.1. The lowest BCUT2D eigenvalue weighted by molar-refractivity contribution is 0.354. The van der Waals surface area contributed by atoms with Crippen LogP contribution >= 0.6 is 11.8 Å². The van der Waals surface area contributed by atoms with Gasteiger partial charge >= 0.3 is 0 Å². The quantitative estimate of drug-likeness (QED) is 0.374. The number of fused-ring (bicyclic) bond motifs is 1. The summed E-state index contributed by atoms with van der Waals surface area (Å²) >= 11 is 1.53. The molecule has 0 saturated carbocycles. The average molecular weight is 486 g/mol. The molecule has 0 aliphatic rings. The lowest BCUT2D eigenvalue weighted by Gasteiger charge is -2.13. The van der Waals surface area contributed by atoms with Crippen LogP contribution in [0.1, 0.15) is 18.2 Å². The van der Waals surface area contributed by atoms with Crippen LogP contribution < -0.4 is 14.2 Å². The lowest BCUT2D eigenvalue weighted by atomic mass is 10.2. The molecule has 0 fully saturated rings. The number of aromatic nitrogens is 4. The van der Waals surface area contributed by atoms with Crippen molar-refractivity contribution in [3.05, 3.63) is 60.0 Å². The van der Waals surface area contributed by atoms with E-state index in [1.165, 1.54) is 44.4 Å². The van der Waals surface area contributed by atoms with Crippen molar-refractivity contribution in [3.8, 4) is 11.5 Å². The fraction of sp³-hybridized carbons (Fsp3) is 0.227. The molecule has 0 aliphatic heterocycles. The summed E-state index contributed by atoms with van der Waals surface area (Å²) in [5, 5.41) is 5.24. The normalized spacial score (nSPS) is 11.5. The van der Waals surface area contributed by atoms with Gasteiger partial charge in [0.1, 0.15) is 11.4 Å². The topological polar surface area (TPSA) is 108 Å². The minimum atomic E-state index is -3.80. The molecule has 0 unspecified atom stereocenters. The maximum atomic E-state index is 12.8. The summed E-state index contributed by atoms with van der Waals surface area (Å²) in [4.78, 5) is 9.70. The molecular formula is C22H23N5O4S2. The zero-order valence-corrected chi connectivity index (χ0v) is 20.2. The van der Waals surface area contributed by atoms with Gasteiger partial charge in [-0.1, -0.05) is 18.7 Å². The van der Waals surface area contributed by atoms with Crippen molar-refractivity contribution >= 4 is 33.3 Å². The van der Waals surface area contributed by atoms with Crippen molar-refractivity contribution in [1.82, 2.24) is 19.6 Å². The summed E-state index contributed by atoms with van der Waals surface area (Å²) in [5.41, 5.74) is 2.46. The average Bonchev–Trinajstić information content (AvgIpc) is 3.28. The largest absolute Gasteiger partial charge is 0.493 e. The van der Waals surface area contributed by atoms with E-state index in [9.17, 15) is 8.42 Å². The fourth-order valence-corrected chi connectivity index (χ4v) is 5.57. The molecule has 1 N–H and O–H groups in total. The van der Waals surface area contributed by atoms with E-state index in [2.05, 4.69) is 26.7 Å². The van der Waals surface area contributed by atoms with Crippen molar-refractivity contribution in [2.24, 2.45) is 0 Å². The molecule has 9 nitrogen and oxygen atoms in total. The molecule has 4 rings (SSSR count). The number of nitrogens with zero attached hydrogens (tertiary/aromatic N) is 4. The minimum Gasteiger partial charge on any atom is -0.493 e. The van der Waals surface area contributed by atoms with Gasteiger partial charge in [-0.3, -0.25) is 4.72 Å². The van der Waals surface area contributed by atoms with E-state index < -0.39 is 10.0 Å². The fourth-order valence-electron chi connectivity index (χ4n) is 3.37. The molecule has 2 aromatic carbocycles. The van der Waals surface area contributed by atoms with E-state index in [0.717, 1.165) is 27.6 Å². The summed E-state index contributed by atoms with van der Waals surface area (Å²) in [6.45, 7) is 4.03. The Morgan fingerprint density at radius 1 is 1.06 bits per heavy atom. The van der Waals surface area contributed by atoms with Crippen molar-refractivity contribution in [3.63, 3.8) is 0 Å². The van der Waals surface area contributed by atoms with Gasteiger partial charge in [-0.25, -0.2) is 13.4 Å². The minimum absolute atomic E-state index is 0.0759. The second-order valence-electron chi connectivity index (χ2n) is 7.06. The number of anilines is 1. The van der Waals surface area contributed by atoms with Gasteiger partial charge in [0.2, 0.25) is 0 Å². The number of methoxy groups -OCH3 is 2. The predicted molar refractivity (Wildman–Crippen MR) is 126 cm³/mol. The van der Waals surface area contributed by atoms with Gasteiger partial charge in [-0.15, -0.1) is 0 Å². The third-order valence-electron chi connectivity index (χ3n) is 5.02. The van der Waals surface area contributed by atoms with Crippen LogP contribution in [-0.4, -0.2) is 42.2 Å². The predicted octanol–water partition coefficient (Wildman–Crippen LogP) is 3.96. The standard InChI is InChI=1S/C22H23N5O4S2/c1-5-18-14(2)25-22-23-13-24-27(22)21(18)32-16-8-6-15(7-9-16)26-33(28,29)17-10-11-19(30-3)20(12-17)31-4/h6-13,26H,5H2,1-4H3. The number of ether oxygens (including phenoxy) is 2. The van der Waals surface area contributed by atoms with Crippen LogP contribution in [0.25, 0.3) is 5.78 Å². The Morgan fingerprint density at radius 3 is 2.45 bits per heavy atom. The highest BCUT2D eigenvalue weighted by molar-refractivity contribution is 7.99. The molecule has 0 aliphatic carbocycles. The van der Waals surface area contributed by atoms with Crippen LogP contribution in [0, 0.1) is 6.92 Å². The van der Waals surface area contributed by atoms with E-state index in [1.807, 2.05) is 19.1 Å². The second kappa shape index (κ2) is 9.28. The molecule has 0 amide bonds. The van der Waals surface area contributed by atoms with Gasteiger partial charge in [0.05, 0.1) is 19.1 Å². The Morgan fingerprint density at radius 2 is 1.79 bits per heavy atom. The van der Waals surface area contributed by atoms with Gasteiger partial charge in [-0.2, -0.15) is 14.6 Å². The first-order chi connectivity index (χ1) is 15.9. The van der Waals surface area contributed by atoms with E-state index in [4.69, 9.17) is 9.47 Å². The molecule has 0 bridgehead atoms. The zero-order chi connectivity index (χ0) is 23.6. The van der Waals surface area contributed by atoms with E-state index >= 15 is 0 Å².